The predicted molar refractivity (Wildman–Crippen MR) is 212 cm³/mol. The molecule has 4 rings (SSSR count). The zero-order chi connectivity index (χ0) is 43.6. The Kier molecular flexibility index (Phi) is 15.1. The summed E-state index contributed by atoms with van der Waals surface area (Å²) >= 11 is 0. The molecule has 0 aliphatic heterocycles. The van der Waals surface area contributed by atoms with Gasteiger partial charge < -0.3 is 54.6 Å². The number of ketones is 1. The number of hydrogen-bond donors (Lipinski definition) is 7. The average molecular weight is 822 g/mol. The molecule has 4 aromatic rings. The molecule has 0 aliphatic carbocycles. The molecule has 4 heterocycles. The number of carbonyl (C=O) groups excluding carboxylic acids is 4. The van der Waals surface area contributed by atoms with Crippen molar-refractivity contribution in [1.29, 1.82) is 0 Å². The van der Waals surface area contributed by atoms with Crippen LogP contribution in [0.1, 0.15) is 47.9 Å². The Morgan fingerprint density at radius 2 is 0.729 bits per heavy atom. The van der Waals surface area contributed by atoms with Gasteiger partial charge in [-0.15, -0.1) is 0 Å². The Morgan fingerprint density at radius 1 is 0.458 bits per heavy atom. The van der Waals surface area contributed by atoms with E-state index in [4.69, 9.17) is 0 Å². The first-order valence-corrected chi connectivity index (χ1v) is 18.3. The summed E-state index contributed by atoms with van der Waals surface area (Å²) in [6, 6.07) is 5.18. The molecule has 21 heteroatoms. The van der Waals surface area contributed by atoms with Crippen LogP contribution in [-0.2, 0) is 28.2 Å². The SMILES string of the molecule is Cn1ccc(C(=O)CCN(CCNC(=O)c2ccn(C)c(=O)c2O)CCN(CCNC(=O)c2ccn(C)c(=O)c2O)CCNC(=O)c2ccn(C)c(=O)c2O)c(O)c1=O. The van der Waals surface area contributed by atoms with Crippen LogP contribution in [0.2, 0.25) is 0 Å². The van der Waals surface area contributed by atoms with Crippen molar-refractivity contribution in [2.75, 3.05) is 58.9 Å². The van der Waals surface area contributed by atoms with Crippen molar-refractivity contribution in [3.63, 3.8) is 0 Å². The lowest BCUT2D eigenvalue weighted by molar-refractivity contribution is 0.0919. The number of aryl methyl sites for hydroxylation is 4. The highest BCUT2D eigenvalue weighted by atomic mass is 16.3. The van der Waals surface area contributed by atoms with Crippen molar-refractivity contribution >= 4 is 23.5 Å². The van der Waals surface area contributed by atoms with Gasteiger partial charge in [-0.05, 0) is 24.3 Å². The van der Waals surface area contributed by atoms with Gasteiger partial charge in [-0.2, -0.15) is 0 Å². The molecule has 0 saturated heterocycles. The summed E-state index contributed by atoms with van der Waals surface area (Å²) < 4.78 is 4.44. The van der Waals surface area contributed by atoms with E-state index in [9.17, 15) is 58.8 Å². The zero-order valence-electron chi connectivity index (χ0n) is 32.9. The number of nitrogens with zero attached hydrogens (tertiary/aromatic N) is 6. The molecule has 316 valence electrons. The fourth-order valence-electron chi connectivity index (χ4n) is 5.85. The van der Waals surface area contributed by atoms with Gasteiger partial charge in [-0.3, -0.25) is 48.2 Å². The van der Waals surface area contributed by atoms with E-state index in [1.54, 1.807) is 4.90 Å². The molecule has 3 amide bonds. The molecule has 21 nitrogen and oxygen atoms in total. The third-order valence-corrected chi connectivity index (χ3v) is 9.53. The van der Waals surface area contributed by atoms with Crippen LogP contribution in [-0.4, -0.2) is 131 Å². The highest BCUT2D eigenvalue weighted by Crippen LogP contribution is 2.15. The Balaban J connectivity index is 1.49. The maximum atomic E-state index is 13.2. The van der Waals surface area contributed by atoms with E-state index in [1.807, 2.05) is 4.90 Å². The van der Waals surface area contributed by atoms with Gasteiger partial charge in [-0.1, -0.05) is 0 Å². The van der Waals surface area contributed by atoms with Gasteiger partial charge >= 0.3 is 0 Å². The van der Waals surface area contributed by atoms with Crippen LogP contribution in [0.15, 0.2) is 68.2 Å². The lowest BCUT2D eigenvalue weighted by Crippen LogP contribution is -2.44. The van der Waals surface area contributed by atoms with Crippen LogP contribution < -0.4 is 38.2 Å². The number of pyridine rings is 4. The van der Waals surface area contributed by atoms with Crippen molar-refractivity contribution in [3.8, 4) is 23.0 Å². The van der Waals surface area contributed by atoms with Crippen LogP contribution in [0.5, 0.6) is 23.0 Å². The van der Waals surface area contributed by atoms with Crippen molar-refractivity contribution < 1.29 is 39.6 Å². The first-order valence-electron chi connectivity index (χ1n) is 18.3. The molecule has 0 aromatic carbocycles. The largest absolute Gasteiger partial charge is 0.503 e. The minimum Gasteiger partial charge on any atom is -0.503 e. The molecule has 59 heavy (non-hydrogen) atoms. The van der Waals surface area contributed by atoms with E-state index >= 15 is 0 Å². The van der Waals surface area contributed by atoms with E-state index in [2.05, 4.69) is 16.0 Å². The molecular formula is C38H47N9O12. The number of hydrogen-bond acceptors (Lipinski definition) is 14. The van der Waals surface area contributed by atoms with Crippen LogP contribution in [0.3, 0.4) is 0 Å². The summed E-state index contributed by atoms with van der Waals surface area (Å²) in [7, 11) is 5.66. The van der Waals surface area contributed by atoms with Gasteiger partial charge in [0, 0.05) is 118 Å². The molecule has 0 radical (unpaired) electrons. The third kappa shape index (κ3) is 11.1. The summed E-state index contributed by atoms with van der Waals surface area (Å²) in [6.45, 7) is 0.997. The maximum Gasteiger partial charge on any atom is 0.293 e. The second-order valence-electron chi connectivity index (χ2n) is 13.6. The first-order chi connectivity index (χ1) is 27.9. The molecule has 0 bridgehead atoms. The van der Waals surface area contributed by atoms with Gasteiger partial charge in [0.25, 0.3) is 40.0 Å². The van der Waals surface area contributed by atoms with Crippen LogP contribution in [0, 0.1) is 0 Å². The molecular weight excluding hydrogens is 774 g/mol. The van der Waals surface area contributed by atoms with E-state index in [1.165, 1.54) is 77.2 Å². The van der Waals surface area contributed by atoms with Gasteiger partial charge in [-0.25, -0.2) is 0 Å². The Labute approximate surface area is 336 Å². The van der Waals surface area contributed by atoms with E-state index in [0.717, 1.165) is 18.3 Å². The predicted octanol–water partition coefficient (Wildman–Crippen LogP) is -2.23. The second-order valence-corrected chi connectivity index (χ2v) is 13.6. The lowest BCUT2D eigenvalue weighted by Gasteiger charge is -2.28. The molecule has 7 N–H and O–H groups in total. The van der Waals surface area contributed by atoms with Crippen LogP contribution in [0.25, 0.3) is 0 Å². The summed E-state index contributed by atoms with van der Waals surface area (Å²) in [6.07, 6.45) is 5.18. The molecule has 0 aliphatic rings. The molecule has 0 unspecified atom stereocenters. The number of carbonyl (C=O) groups is 4. The number of aromatic nitrogens is 4. The third-order valence-electron chi connectivity index (χ3n) is 9.53. The number of nitrogens with one attached hydrogen (secondary N) is 3. The fourth-order valence-corrected chi connectivity index (χ4v) is 5.85. The molecule has 0 saturated carbocycles. The van der Waals surface area contributed by atoms with Gasteiger partial charge in [0.15, 0.2) is 28.8 Å². The quantitative estimate of drug-likeness (QED) is 0.0494. The minimum atomic E-state index is -0.765. The van der Waals surface area contributed by atoms with E-state index < -0.39 is 68.7 Å². The van der Waals surface area contributed by atoms with E-state index in [-0.39, 0.29) is 87.6 Å². The highest BCUT2D eigenvalue weighted by molar-refractivity contribution is 5.99. The van der Waals surface area contributed by atoms with E-state index in [0.29, 0.717) is 0 Å². The molecule has 0 fully saturated rings. The zero-order valence-corrected chi connectivity index (χ0v) is 32.9. The number of Topliss-reactive ketones (excluding diaryl/α,β-unsaturated/α-hetero) is 1. The van der Waals surface area contributed by atoms with Crippen LogP contribution in [0.4, 0.5) is 0 Å². The number of rotatable bonds is 19. The first kappa shape index (κ1) is 44.7. The van der Waals surface area contributed by atoms with Crippen molar-refractivity contribution in [3.05, 3.63) is 113 Å². The smallest absolute Gasteiger partial charge is 0.293 e. The van der Waals surface area contributed by atoms with Gasteiger partial charge in [0.05, 0.1) is 22.3 Å². The Bertz CT molecular complexity index is 2390. The maximum absolute atomic E-state index is 13.2. The second kappa shape index (κ2) is 19.9. The monoisotopic (exact) mass is 821 g/mol. The average Bonchev–Trinajstić information content (AvgIpc) is 3.20. The molecule has 4 aromatic heterocycles. The van der Waals surface area contributed by atoms with Crippen molar-refractivity contribution in [2.24, 2.45) is 28.2 Å². The highest BCUT2D eigenvalue weighted by Gasteiger charge is 2.21. The Hall–Kier alpha value is -7.00. The standard InChI is InChI=1S/C38H47N9O12/c1-42-13-5-23(28(49)35(42)56)27(48)9-17-46(18-10-39-32(53)24-6-14-43(2)36(57)29(24)50)21-22-47(19-11-40-33(54)25-7-15-44(3)37(58)30(25)51)20-12-41-34(55)26-8-16-45(4)38(59)31(26)52/h5-8,13-16,49-52H,9-12,17-22H2,1-4H3,(H,39,53)(H,40,54)(H,41,55). The molecule has 0 atom stereocenters. The Morgan fingerprint density at radius 3 is 1.05 bits per heavy atom. The van der Waals surface area contributed by atoms with Gasteiger partial charge in [0.1, 0.15) is 0 Å². The molecule has 0 spiro atoms. The minimum absolute atomic E-state index is 0.00770. The van der Waals surface area contributed by atoms with Gasteiger partial charge in [0.2, 0.25) is 0 Å². The topological polar surface area (TPSA) is 280 Å². The van der Waals surface area contributed by atoms with Crippen molar-refractivity contribution in [2.45, 2.75) is 6.42 Å². The normalized spacial score (nSPS) is 11.2. The lowest BCUT2D eigenvalue weighted by atomic mass is 10.1. The fraction of sp³-hybridized carbons (Fsp3) is 0.368. The summed E-state index contributed by atoms with van der Waals surface area (Å²) in [5.74, 6) is -5.56. The summed E-state index contributed by atoms with van der Waals surface area (Å²) in [5.41, 5.74) is -3.91. The number of aromatic hydroxyl groups is 4. The van der Waals surface area contributed by atoms with Crippen molar-refractivity contribution in [1.82, 2.24) is 44.0 Å². The van der Waals surface area contributed by atoms with Crippen LogP contribution >= 0.6 is 0 Å². The number of amides is 3. The summed E-state index contributed by atoms with van der Waals surface area (Å²) in [5, 5.41) is 49.0. The summed E-state index contributed by atoms with van der Waals surface area (Å²) in [4.78, 5) is 104.